The van der Waals surface area contributed by atoms with Crippen molar-refractivity contribution < 1.29 is 10.0 Å². The molecule has 0 fully saturated rings. The summed E-state index contributed by atoms with van der Waals surface area (Å²) in [4.78, 5) is 1.06. The summed E-state index contributed by atoms with van der Waals surface area (Å²) in [7, 11) is -1.29. The second kappa shape index (κ2) is 8.79. The molecule has 3 N–H and O–H groups in total. The van der Waals surface area contributed by atoms with Crippen molar-refractivity contribution in [1.29, 1.82) is 0 Å². The molecule has 5 heteroatoms. The monoisotopic (exact) mass is 227 g/mol. The molecule has 1 aromatic carbocycles. The van der Waals surface area contributed by atoms with Crippen LogP contribution >= 0.6 is 11.9 Å². The number of benzene rings is 1. The lowest BCUT2D eigenvalue weighted by Gasteiger charge is -2.02. The largest absolute Gasteiger partial charge is 0.467 e. The van der Waals surface area contributed by atoms with E-state index in [2.05, 4.69) is 4.72 Å². The van der Waals surface area contributed by atoms with E-state index in [1.807, 2.05) is 45.0 Å². The number of nitrogens with one attached hydrogen (secondary N) is 1. The molecule has 0 bridgehead atoms. The summed E-state index contributed by atoms with van der Waals surface area (Å²) in [5.74, 6) is 0. The number of rotatable bonds is 4. The first-order valence-corrected chi connectivity index (χ1v) is 5.82. The van der Waals surface area contributed by atoms with E-state index < -0.39 is 7.12 Å². The maximum Gasteiger partial charge on any atom is 0.467 e. The van der Waals surface area contributed by atoms with Crippen molar-refractivity contribution in [3.63, 3.8) is 0 Å². The van der Waals surface area contributed by atoms with Crippen LogP contribution in [0.3, 0.4) is 0 Å². The molecular weight excluding hydrogens is 209 g/mol. The van der Waals surface area contributed by atoms with Gasteiger partial charge in [-0.1, -0.05) is 31.5 Å². The zero-order valence-electron chi connectivity index (χ0n) is 9.40. The molecule has 0 radical (unpaired) electrons. The Morgan fingerprint density at radius 1 is 1.20 bits per heavy atom. The highest BCUT2D eigenvalue weighted by atomic mass is 32.2. The van der Waals surface area contributed by atoms with Crippen LogP contribution in [-0.2, 0) is 0 Å². The maximum absolute atomic E-state index is 8.55. The third kappa shape index (κ3) is 7.44. The molecule has 1 aromatic rings. The topological polar surface area (TPSA) is 52.5 Å². The summed E-state index contributed by atoms with van der Waals surface area (Å²) < 4.78 is 2.84. The first-order chi connectivity index (χ1) is 7.18. The van der Waals surface area contributed by atoms with E-state index in [-0.39, 0.29) is 6.44 Å². The minimum atomic E-state index is -1.29. The van der Waals surface area contributed by atoms with Crippen LogP contribution in [0.25, 0.3) is 0 Å². The van der Waals surface area contributed by atoms with Crippen LogP contribution in [0, 0.1) is 6.92 Å². The average molecular weight is 227 g/mol. The smallest absolute Gasteiger partial charge is 0.426 e. The highest BCUT2D eigenvalue weighted by Gasteiger charge is 2.04. The van der Waals surface area contributed by atoms with Gasteiger partial charge in [0.2, 0.25) is 0 Å². The molecule has 0 heterocycles. The summed E-state index contributed by atoms with van der Waals surface area (Å²) >= 11 is 1.39. The Morgan fingerprint density at radius 2 is 1.73 bits per heavy atom. The number of aryl methyl sites for hydroxylation is 1. The molecule has 3 nitrogen and oxygen atoms in total. The van der Waals surface area contributed by atoms with E-state index in [1.54, 1.807) is 0 Å². The summed E-state index contributed by atoms with van der Waals surface area (Å²) in [5, 5.41) is 17.1. The van der Waals surface area contributed by atoms with E-state index in [4.69, 9.17) is 10.0 Å². The lowest BCUT2D eigenvalue weighted by molar-refractivity contribution is 0.406. The van der Waals surface area contributed by atoms with E-state index in [0.717, 1.165) is 4.90 Å². The quantitative estimate of drug-likeness (QED) is 0.540. The van der Waals surface area contributed by atoms with Gasteiger partial charge >= 0.3 is 7.12 Å². The van der Waals surface area contributed by atoms with E-state index in [0.29, 0.717) is 0 Å². The summed E-state index contributed by atoms with van der Waals surface area (Å²) in [6.07, 6.45) is 0.165. The van der Waals surface area contributed by atoms with Crippen LogP contribution in [0.15, 0.2) is 29.2 Å². The summed E-state index contributed by atoms with van der Waals surface area (Å²) in [5.41, 5.74) is 1.21. The molecule has 1 rings (SSSR count). The Morgan fingerprint density at radius 3 is 2.20 bits per heavy atom. The molecule has 0 aromatic heterocycles. The Kier molecular flexibility index (Phi) is 8.51. The minimum Gasteiger partial charge on any atom is -0.426 e. The molecule has 0 aliphatic heterocycles. The fourth-order valence-corrected chi connectivity index (χ4v) is 1.48. The van der Waals surface area contributed by atoms with Crippen LogP contribution in [0.5, 0.6) is 0 Å². The molecule has 0 saturated carbocycles. The highest BCUT2D eigenvalue weighted by molar-refractivity contribution is 7.97. The van der Waals surface area contributed by atoms with Gasteiger partial charge in [0.05, 0.1) is 0 Å². The van der Waals surface area contributed by atoms with Gasteiger partial charge in [0.1, 0.15) is 0 Å². The summed E-state index contributed by atoms with van der Waals surface area (Å²) in [6.45, 7) is 6.03. The van der Waals surface area contributed by atoms with Gasteiger partial charge in [0, 0.05) is 11.3 Å². The zero-order valence-corrected chi connectivity index (χ0v) is 10.2. The number of hydrogen-bond acceptors (Lipinski definition) is 4. The maximum atomic E-state index is 8.55. The fourth-order valence-electron chi connectivity index (χ4n) is 0.806. The SMILES string of the molecule is CC.Cc1ccc(SNCB(O)O)cc1. The van der Waals surface area contributed by atoms with Gasteiger partial charge in [-0.2, -0.15) is 0 Å². The first kappa shape index (κ1) is 14.5. The van der Waals surface area contributed by atoms with Crippen molar-refractivity contribution in [2.45, 2.75) is 25.7 Å². The fraction of sp³-hybridized carbons (Fsp3) is 0.400. The van der Waals surface area contributed by atoms with Crippen molar-refractivity contribution in [2.75, 3.05) is 6.44 Å². The van der Waals surface area contributed by atoms with E-state index in [9.17, 15) is 0 Å². The van der Waals surface area contributed by atoms with Crippen LogP contribution < -0.4 is 4.72 Å². The standard InChI is InChI=1S/C8H12BNO2S.C2H6/c1-7-2-4-8(5-3-7)13-10-6-9(11)12;1-2/h2-5,10-12H,6H2,1H3;1-2H3. The predicted molar refractivity (Wildman–Crippen MR) is 66.6 cm³/mol. The van der Waals surface area contributed by atoms with Crippen LogP contribution in [0.2, 0.25) is 0 Å². The molecule has 15 heavy (non-hydrogen) atoms. The minimum absolute atomic E-state index is 0.165. The van der Waals surface area contributed by atoms with E-state index >= 15 is 0 Å². The van der Waals surface area contributed by atoms with Gasteiger partial charge in [-0.3, -0.25) is 4.72 Å². The predicted octanol–water partition coefficient (Wildman–Crippen LogP) is 1.63. The third-order valence-corrected chi connectivity index (χ3v) is 2.30. The van der Waals surface area contributed by atoms with Crippen molar-refractivity contribution in [2.24, 2.45) is 0 Å². The molecule has 0 spiro atoms. The molecule has 0 amide bonds. The normalized spacial score (nSPS) is 9.13. The van der Waals surface area contributed by atoms with Gasteiger partial charge in [0.25, 0.3) is 0 Å². The molecule has 0 unspecified atom stereocenters. The Hall–Kier alpha value is -0.485. The van der Waals surface area contributed by atoms with Gasteiger partial charge in [-0.15, -0.1) is 0 Å². The van der Waals surface area contributed by atoms with Crippen molar-refractivity contribution in [3.8, 4) is 0 Å². The van der Waals surface area contributed by atoms with Crippen LogP contribution in [-0.4, -0.2) is 23.6 Å². The van der Waals surface area contributed by atoms with Crippen LogP contribution in [0.1, 0.15) is 19.4 Å². The van der Waals surface area contributed by atoms with Gasteiger partial charge < -0.3 is 10.0 Å². The second-order valence-corrected chi connectivity index (χ2v) is 3.71. The lowest BCUT2D eigenvalue weighted by Crippen LogP contribution is -2.26. The molecule has 84 valence electrons. The molecule has 0 aliphatic rings. The highest BCUT2D eigenvalue weighted by Crippen LogP contribution is 2.14. The van der Waals surface area contributed by atoms with E-state index in [1.165, 1.54) is 17.5 Å². The molecule has 0 aliphatic carbocycles. The Bertz CT molecular complexity index is 254. The Labute approximate surface area is 96.2 Å². The molecular formula is C10H18BNO2S. The van der Waals surface area contributed by atoms with Crippen molar-refractivity contribution >= 4 is 19.1 Å². The Balaban J connectivity index is 0.000000921. The molecule has 0 atom stereocenters. The van der Waals surface area contributed by atoms with Gasteiger partial charge in [-0.05, 0) is 31.0 Å². The lowest BCUT2D eigenvalue weighted by atomic mass is 9.94. The molecule has 0 saturated heterocycles. The average Bonchev–Trinajstić information content (AvgIpc) is 2.23. The van der Waals surface area contributed by atoms with Crippen molar-refractivity contribution in [3.05, 3.63) is 29.8 Å². The third-order valence-electron chi connectivity index (χ3n) is 1.48. The van der Waals surface area contributed by atoms with Gasteiger partial charge in [0.15, 0.2) is 0 Å². The zero-order chi connectivity index (χ0) is 11.7. The van der Waals surface area contributed by atoms with Crippen molar-refractivity contribution in [1.82, 2.24) is 4.72 Å². The number of hydrogen-bond donors (Lipinski definition) is 3. The van der Waals surface area contributed by atoms with Crippen LogP contribution in [0.4, 0.5) is 0 Å². The van der Waals surface area contributed by atoms with Gasteiger partial charge in [-0.25, -0.2) is 0 Å². The first-order valence-electron chi connectivity index (χ1n) is 5.01. The second-order valence-electron chi connectivity index (χ2n) is 2.74. The summed E-state index contributed by atoms with van der Waals surface area (Å²) in [6, 6.07) is 7.99.